The Morgan fingerprint density at radius 3 is 2.44 bits per heavy atom. The van der Waals surface area contributed by atoms with Crippen molar-refractivity contribution in [3.05, 3.63) is 93.7 Å². The van der Waals surface area contributed by atoms with Gasteiger partial charge in [0.15, 0.2) is 5.41 Å². The van der Waals surface area contributed by atoms with Crippen LogP contribution in [0.4, 0.5) is 4.79 Å². The van der Waals surface area contributed by atoms with Crippen LogP contribution >= 0.6 is 11.6 Å². The Hall–Kier alpha value is -4.25. The summed E-state index contributed by atoms with van der Waals surface area (Å²) in [5.41, 5.74) is 6.52. The van der Waals surface area contributed by atoms with E-state index < -0.39 is 23.3 Å². The molecule has 2 atom stereocenters. The van der Waals surface area contributed by atoms with Crippen molar-refractivity contribution in [2.45, 2.75) is 12.5 Å². The van der Waals surface area contributed by atoms with Gasteiger partial charge in [-0.1, -0.05) is 66.2 Å². The summed E-state index contributed by atoms with van der Waals surface area (Å²) in [6.45, 7) is 0.458. The minimum atomic E-state index is -1.82. The van der Waals surface area contributed by atoms with Gasteiger partial charge in [-0.25, -0.2) is 4.79 Å². The molecule has 0 unspecified atom stereocenters. The average molecular weight is 470 g/mol. The number of nitriles is 3. The highest BCUT2D eigenvalue weighted by Crippen LogP contribution is 2.55. The fraction of sp³-hybridized carbons (Fsp3) is 0.231. The first-order valence-corrected chi connectivity index (χ1v) is 11.0. The van der Waals surface area contributed by atoms with E-state index in [4.69, 9.17) is 22.1 Å². The topological polar surface area (TPSA) is 127 Å². The molecule has 0 bridgehead atoms. The summed E-state index contributed by atoms with van der Waals surface area (Å²) in [4.78, 5) is 14.4. The summed E-state index contributed by atoms with van der Waals surface area (Å²) in [5.74, 6) is -1.34. The lowest BCUT2D eigenvalue weighted by atomic mass is 9.58. The van der Waals surface area contributed by atoms with Gasteiger partial charge >= 0.3 is 6.09 Å². The highest BCUT2D eigenvalue weighted by atomic mass is 35.5. The van der Waals surface area contributed by atoms with Crippen molar-refractivity contribution in [1.82, 2.24) is 4.90 Å². The predicted molar refractivity (Wildman–Crippen MR) is 124 cm³/mol. The zero-order valence-corrected chi connectivity index (χ0v) is 18.9. The van der Waals surface area contributed by atoms with Crippen LogP contribution in [0.1, 0.15) is 17.0 Å². The van der Waals surface area contributed by atoms with Crippen molar-refractivity contribution >= 4 is 17.7 Å². The molecular weight excluding hydrogens is 450 g/mol. The third-order valence-corrected chi connectivity index (χ3v) is 6.71. The molecule has 0 saturated carbocycles. The lowest BCUT2D eigenvalue weighted by molar-refractivity contribution is 0.0898. The van der Waals surface area contributed by atoms with Gasteiger partial charge in [-0.3, -0.25) is 0 Å². The molecule has 0 aromatic heterocycles. The van der Waals surface area contributed by atoms with E-state index in [1.165, 1.54) is 4.90 Å². The number of hydrogen-bond donors (Lipinski definition) is 1. The number of nitrogens with zero attached hydrogens (tertiary/aromatic N) is 4. The molecule has 1 aliphatic heterocycles. The molecule has 1 heterocycles. The highest BCUT2D eigenvalue weighted by molar-refractivity contribution is 6.31. The van der Waals surface area contributed by atoms with E-state index >= 15 is 0 Å². The van der Waals surface area contributed by atoms with E-state index in [1.54, 1.807) is 30.3 Å². The third kappa shape index (κ3) is 3.75. The number of hydrogen-bond acceptors (Lipinski definition) is 6. The Morgan fingerprint density at radius 1 is 1.12 bits per heavy atom. The fourth-order valence-electron chi connectivity index (χ4n) is 4.71. The molecule has 0 fully saturated rings. The molecular formula is C26H20ClN5O2. The number of carbonyl (C=O) groups excluding carboxylic acids is 1. The van der Waals surface area contributed by atoms with Crippen LogP contribution < -0.4 is 5.73 Å². The number of allylic oxidation sites excluding steroid dienone is 2. The molecule has 0 saturated heterocycles. The van der Waals surface area contributed by atoms with Crippen molar-refractivity contribution in [3.63, 3.8) is 0 Å². The maximum atomic E-state index is 12.9. The second-order valence-corrected chi connectivity index (χ2v) is 8.55. The Labute approximate surface area is 202 Å². The van der Waals surface area contributed by atoms with E-state index in [-0.39, 0.29) is 31.0 Å². The molecule has 0 radical (unpaired) electrons. The standard InChI is InChI=1S/C26H20ClN5O2/c27-22-9-5-4-8-19(22)23-21-13-32(25(33)34-14-17-6-2-1-3-7-17)11-10-18(21)20(12-28)24(31)26(23,15-29)16-30/h1-10,21,23H,11,13-14,31H2/t21-,23-/m0/s1. The van der Waals surface area contributed by atoms with Crippen molar-refractivity contribution in [2.24, 2.45) is 17.1 Å². The largest absolute Gasteiger partial charge is 0.445 e. The number of ether oxygens (including phenoxy) is 1. The highest BCUT2D eigenvalue weighted by Gasteiger charge is 2.55. The van der Waals surface area contributed by atoms with Gasteiger partial charge in [0.05, 0.1) is 23.4 Å². The number of carbonyl (C=O) groups is 1. The Bertz CT molecular complexity index is 1300. The second-order valence-electron chi connectivity index (χ2n) is 8.14. The van der Waals surface area contributed by atoms with Gasteiger partial charge < -0.3 is 15.4 Å². The number of benzene rings is 2. The summed E-state index contributed by atoms with van der Waals surface area (Å²) in [6.07, 6.45) is 1.21. The zero-order valence-electron chi connectivity index (χ0n) is 18.1. The van der Waals surface area contributed by atoms with E-state index in [0.717, 1.165) is 5.56 Å². The first-order chi connectivity index (χ1) is 16.5. The number of halogens is 1. The van der Waals surface area contributed by atoms with Gasteiger partial charge in [-0.2, -0.15) is 15.8 Å². The Balaban J connectivity index is 1.75. The summed E-state index contributed by atoms with van der Waals surface area (Å²) in [5, 5.41) is 30.5. The minimum Gasteiger partial charge on any atom is -0.445 e. The van der Waals surface area contributed by atoms with E-state index in [9.17, 15) is 20.6 Å². The lowest BCUT2D eigenvalue weighted by Gasteiger charge is -2.45. The molecule has 2 N–H and O–H groups in total. The van der Waals surface area contributed by atoms with Gasteiger partial charge in [-0.05, 0) is 22.8 Å². The Kier molecular flexibility index (Phi) is 6.28. The van der Waals surface area contributed by atoms with Gasteiger partial charge in [0.1, 0.15) is 12.7 Å². The molecule has 168 valence electrons. The molecule has 2 aromatic carbocycles. The van der Waals surface area contributed by atoms with E-state index in [1.807, 2.05) is 30.3 Å². The van der Waals surface area contributed by atoms with Crippen LogP contribution in [-0.2, 0) is 11.3 Å². The summed E-state index contributed by atoms with van der Waals surface area (Å²) < 4.78 is 5.49. The number of rotatable bonds is 3. The van der Waals surface area contributed by atoms with Crippen molar-refractivity contribution in [1.29, 1.82) is 15.8 Å². The zero-order chi connectivity index (χ0) is 24.3. The monoisotopic (exact) mass is 469 g/mol. The molecule has 1 amide bonds. The third-order valence-electron chi connectivity index (χ3n) is 6.37. The maximum absolute atomic E-state index is 12.9. The summed E-state index contributed by atoms with van der Waals surface area (Å²) in [6, 6.07) is 22.4. The van der Waals surface area contributed by atoms with Crippen molar-refractivity contribution in [2.75, 3.05) is 13.1 Å². The molecule has 34 heavy (non-hydrogen) atoms. The Morgan fingerprint density at radius 2 is 1.79 bits per heavy atom. The second kappa shape index (κ2) is 9.32. The fourth-order valence-corrected chi connectivity index (χ4v) is 4.96. The lowest BCUT2D eigenvalue weighted by Crippen LogP contribution is -2.49. The smallest absolute Gasteiger partial charge is 0.410 e. The first-order valence-electron chi connectivity index (χ1n) is 10.6. The van der Waals surface area contributed by atoms with Crippen LogP contribution in [0.3, 0.4) is 0 Å². The SMILES string of the molecule is N#CC1=C(N)C(C#N)(C#N)[C@@H](c2ccccc2Cl)[C@H]2CN(C(=O)OCc3ccccc3)CC=C12. The number of nitrogens with two attached hydrogens (primary N) is 1. The number of fused-ring (bicyclic) bond motifs is 1. The minimum absolute atomic E-state index is 0.0903. The average Bonchev–Trinajstić information content (AvgIpc) is 2.87. The van der Waals surface area contributed by atoms with Crippen LogP contribution in [0.25, 0.3) is 0 Å². The predicted octanol–water partition coefficient (Wildman–Crippen LogP) is 4.40. The van der Waals surface area contributed by atoms with Crippen LogP contribution in [0.2, 0.25) is 5.02 Å². The summed E-state index contributed by atoms with van der Waals surface area (Å²) >= 11 is 6.50. The molecule has 1 aliphatic carbocycles. The molecule has 8 heteroatoms. The molecule has 4 rings (SSSR count). The molecule has 2 aliphatic rings. The first kappa shape index (κ1) is 22.9. The van der Waals surface area contributed by atoms with Crippen LogP contribution in [0.15, 0.2) is 77.5 Å². The van der Waals surface area contributed by atoms with Gasteiger partial charge in [0, 0.05) is 29.9 Å². The summed E-state index contributed by atoms with van der Waals surface area (Å²) in [7, 11) is 0. The molecule has 2 aromatic rings. The number of amides is 1. The van der Waals surface area contributed by atoms with Crippen molar-refractivity contribution < 1.29 is 9.53 Å². The van der Waals surface area contributed by atoms with Crippen LogP contribution in [0, 0.1) is 45.3 Å². The molecule has 0 spiro atoms. The molecule has 7 nitrogen and oxygen atoms in total. The van der Waals surface area contributed by atoms with Gasteiger partial charge in [0.25, 0.3) is 0 Å². The van der Waals surface area contributed by atoms with Gasteiger partial charge in [-0.15, -0.1) is 0 Å². The normalized spacial score (nSPS) is 20.8. The maximum Gasteiger partial charge on any atom is 0.410 e. The van der Waals surface area contributed by atoms with Crippen molar-refractivity contribution in [3.8, 4) is 18.2 Å². The van der Waals surface area contributed by atoms with E-state index in [0.29, 0.717) is 16.2 Å². The van der Waals surface area contributed by atoms with Crippen LogP contribution in [-0.4, -0.2) is 24.1 Å². The van der Waals surface area contributed by atoms with Gasteiger partial charge in [0.2, 0.25) is 0 Å². The quantitative estimate of drug-likeness (QED) is 0.709. The van der Waals surface area contributed by atoms with Crippen LogP contribution in [0.5, 0.6) is 0 Å². The van der Waals surface area contributed by atoms with E-state index in [2.05, 4.69) is 18.2 Å².